The number of rotatable bonds is 3. The van der Waals surface area contributed by atoms with Crippen molar-refractivity contribution in [2.75, 3.05) is 0 Å². The summed E-state index contributed by atoms with van der Waals surface area (Å²) in [5.74, 6) is 0.345. The maximum atomic E-state index is 12.3. The summed E-state index contributed by atoms with van der Waals surface area (Å²) in [4.78, 5) is 0.0975. The van der Waals surface area contributed by atoms with Crippen LogP contribution in [-0.2, 0) is 10.1 Å². The summed E-state index contributed by atoms with van der Waals surface area (Å²) in [6.45, 7) is 5.43. The summed E-state index contributed by atoms with van der Waals surface area (Å²) >= 11 is 5.90. The molecule has 0 spiro atoms. The Labute approximate surface area is 124 Å². The van der Waals surface area contributed by atoms with E-state index < -0.39 is 10.1 Å². The smallest absolute Gasteiger partial charge is 0.339 e. The van der Waals surface area contributed by atoms with Crippen LogP contribution in [-0.4, -0.2) is 8.42 Å². The predicted octanol–water partition coefficient (Wildman–Crippen LogP) is 4.03. The molecule has 0 aliphatic rings. The van der Waals surface area contributed by atoms with Crippen LogP contribution in [0.5, 0.6) is 5.75 Å². The molecule has 5 heteroatoms. The van der Waals surface area contributed by atoms with Gasteiger partial charge in [-0.15, -0.1) is 0 Å². The van der Waals surface area contributed by atoms with Crippen LogP contribution in [0.4, 0.5) is 0 Å². The number of aryl methyl sites for hydroxylation is 3. The van der Waals surface area contributed by atoms with Crippen LogP contribution < -0.4 is 4.18 Å². The molecule has 0 aliphatic heterocycles. The minimum absolute atomic E-state index is 0.0975. The van der Waals surface area contributed by atoms with E-state index >= 15 is 0 Å². The SMILES string of the molecule is Cc1ccc(C)c(OS(=O)(=O)c2ccc(Cl)c(C)c2)c1. The van der Waals surface area contributed by atoms with Crippen LogP contribution in [0, 0.1) is 20.8 Å². The highest BCUT2D eigenvalue weighted by Crippen LogP contribution is 2.25. The lowest BCUT2D eigenvalue weighted by Gasteiger charge is -2.11. The largest absolute Gasteiger partial charge is 0.379 e. The van der Waals surface area contributed by atoms with E-state index in [2.05, 4.69) is 0 Å². The Kier molecular flexibility index (Phi) is 4.06. The number of hydrogen-bond acceptors (Lipinski definition) is 3. The first-order valence-electron chi connectivity index (χ1n) is 6.07. The maximum absolute atomic E-state index is 12.3. The molecule has 0 aliphatic carbocycles. The Morgan fingerprint density at radius 1 is 0.950 bits per heavy atom. The second-order valence-electron chi connectivity index (χ2n) is 4.72. The van der Waals surface area contributed by atoms with Crippen LogP contribution in [0.3, 0.4) is 0 Å². The summed E-state index contributed by atoms with van der Waals surface area (Å²) in [6.07, 6.45) is 0. The second-order valence-corrected chi connectivity index (χ2v) is 6.67. The molecule has 0 fully saturated rings. The van der Waals surface area contributed by atoms with Gasteiger partial charge in [0.1, 0.15) is 10.6 Å². The minimum Gasteiger partial charge on any atom is -0.379 e. The van der Waals surface area contributed by atoms with Crippen molar-refractivity contribution in [1.29, 1.82) is 0 Å². The third-order valence-electron chi connectivity index (χ3n) is 2.96. The lowest BCUT2D eigenvalue weighted by molar-refractivity contribution is 0.484. The first kappa shape index (κ1) is 14.9. The number of halogens is 1. The van der Waals surface area contributed by atoms with E-state index in [0.29, 0.717) is 16.3 Å². The van der Waals surface area contributed by atoms with Crippen molar-refractivity contribution in [1.82, 2.24) is 0 Å². The zero-order valence-corrected chi connectivity index (χ0v) is 13.0. The molecular weight excluding hydrogens is 296 g/mol. The third kappa shape index (κ3) is 3.14. The molecule has 2 aromatic rings. The highest BCUT2D eigenvalue weighted by atomic mass is 35.5. The Balaban J connectivity index is 2.40. The van der Waals surface area contributed by atoms with Gasteiger partial charge in [0, 0.05) is 5.02 Å². The van der Waals surface area contributed by atoms with Crippen molar-refractivity contribution in [3.8, 4) is 5.75 Å². The highest BCUT2D eigenvalue weighted by molar-refractivity contribution is 7.87. The Hall–Kier alpha value is -1.52. The topological polar surface area (TPSA) is 43.4 Å². The molecule has 0 bridgehead atoms. The van der Waals surface area contributed by atoms with E-state index in [1.165, 1.54) is 12.1 Å². The second kappa shape index (κ2) is 5.46. The fourth-order valence-electron chi connectivity index (χ4n) is 1.74. The number of hydrogen-bond donors (Lipinski definition) is 0. The number of benzene rings is 2. The van der Waals surface area contributed by atoms with Crippen LogP contribution in [0.1, 0.15) is 16.7 Å². The Morgan fingerprint density at radius 2 is 1.65 bits per heavy atom. The van der Waals surface area contributed by atoms with Gasteiger partial charge in [0.25, 0.3) is 0 Å². The predicted molar refractivity (Wildman–Crippen MR) is 79.9 cm³/mol. The molecule has 0 amide bonds. The quantitative estimate of drug-likeness (QED) is 0.804. The van der Waals surface area contributed by atoms with Gasteiger partial charge < -0.3 is 4.18 Å². The highest BCUT2D eigenvalue weighted by Gasteiger charge is 2.18. The third-order valence-corrected chi connectivity index (χ3v) is 4.62. The molecule has 0 heterocycles. The summed E-state index contributed by atoms with van der Waals surface area (Å²) in [5.41, 5.74) is 2.40. The van der Waals surface area contributed by atoms with Crippen molar-refractivity contribution in [3.63, 3.8) is 0 Å². The zero-order chi connectivity index (χ0) is 14.9. The molecule has 0 saturated heterocycles. The molecule has 0 aromatic heterocycles. The fourth-order valence-corrected chi connectivity index (χ4v) is 2.92. The summed E-state index contributed by atoms with van der Waals surface area (Å²) in [6, 6.07) is 9.93. The molecule has 0 atom stereocenters. The average Bonchev–Trinajstić information content (AvgIpc) is 2.36. The van der Waals surface area contributed by atoms with Crippen LogP contribution in [0.25, 0.3) is 0 Å². The summed E-state index contributed by atoms with van der Waals surface area (Å²) in [7, 11) is -3.85. The molecule has 20 heavy (non-hydrogen) atoms. The van der Waals surface area contributed by atoms with Gasteiger partial charge in [-0.2, -0.15) is 8.42 Å². The van der Waals surface area contributed by atoms with Crippen LogP contribution >= 0.6 is 11.6 Å². The lowest BCUT2D eigenvalue weighted by atomic mass is 10.1. The minimum atomic E-state index is -3.85. The summed E-state index contributed by atoms with van der Waals surface area (Å²) in [5, 5.41) is 0.524. The molecule has 2 rings (SSSR count). The molecule has 2 aromatic carbocycles. The van der Waals surface area contributed by atoms with Crippen molar-refractivity contribution >= 4 is 21.7 Å². The van der Waals surface area contributed by atoms with Gasteiger partial charge in [-0.25, -0.2) is 0 Å². The van der Waals surface area contributed by atoms with Gasteiger partial charge >= 0.3 is 10.1 Å². The van der Waals surface area contributed by atoms with E-state index in [9.17, 15) is 8.42 Å². The molecule has 0 radical (unpaired) electrons. The van der Waals surface area contributed by atoms with Crippen LogP contribution in [0.2, 0.25) is 5.02 Å². The first-order valence-corrected chi connectivity index (χ1v) is 7.86. The van der Waals surface area contributed by atoms with Crippen molar-refractivity contribution in [3.05, 3.63) is 58.1 Å². The molecule has 0 saturated carbocycles. The molecular formula is C15H15ClO3S. The van der Waals surface area contributed by atoms with Gasteiger partial charge in [0.15, 0.2) is 0 Å². The van der Waals surface area contributed by atoms with E-state index in [-0.39, 0.29) is 4.90 Å². The maximum Gasteiger partial charge on any atom is 0.339 e. The lowest BCUT2D eigenvalue weighted by Crippen LogP contribution is -2.10. The van der Waals surface area contributed by atoms with Gasteiger partial charge in [0.05, 0.1) is 0 Å². The average molecular weight is 311 g/mol. The molecule has 0 unspecified atom stereocenters. The van der Waals surface area contributed by atoms with Crippen LogP contribution in [0.15, 0.2) is 41.3 Å². The summed E-state index contributed by atoms with van der Waals surface area (Å²) < 4.78 is 29.8. The van der Waals surface area contributed by atoms with Crippen molar-refractivity contribution in [2.24, 2.45) is 0 Å². The monoisotopic (exact) mass is 310 g/mol. The molecule has 0 N–H and O–H groups in total. The Morgan fingerprint density at radius 3 is 2.30 bits per heavy atom. The first-order chi connectivity index (χ1) is 9.29. The van der Waals surface area contributed by atoms with E-state index in [0.717, 1.165) is 11.1 Å². The zero-order valence-electron chi connectivity index (χ0n) is 11.5. The van der Waals surface area contributed by atoms with Crippen molar-refractivity contribution in [2.45, 2.75) is 25.7 Å². The fraction of sp³-hybridized carbons (Fsp3) is 0.200. The van der Waals surface area contributed by atoms with Gasteiger partial charge in [0.2, 0.25) is 0 Å². The van der Waals surface area contributed by atoms with Crippen molar-refractivity contribution < 1.29 is 12.6 Å². The van der Waals surface area contributed by atoms with Gasteiger partial charge in [-0.1, -0.05) is 23.7 Å². The van der Waals surface area contributed by atoms with E-state index in [1.807, 2.05) is 19.1 Å². The van der Waals surface area contributed by atoms with Gasteiger partial charge in [-0.3, -0.25) is 0 Å². The van der Waals surface area contributed by atoms with Gasteiger partial charge in [-0.05, 0) is 61.7 Å². The van der Waals surface area contributed by atoms with E-state index in [1.54, 1.807) is 26.0 Å². The standard InChI is InChI=1S/C15H15ClO3S/c1-10-4-5-11(2)15(8-10)19-20(17,18)13-6-7-14(16)12(3)9-13/h4-9H,1-3H3. The molecule has 106 valence electrons. The molecule has 3 nitrogen and oxygen atoms in total. The Bertz CT molecular complexity index is 752. The van der Waals surface area contributed by atoms with E-state index in [4.69, 9.17) is 15.8 Å². The normalized spacial score (nSPS) is 11.4.